The lowest BCUT2D eigenvalue weighted by Crippen LogP contribution is -2.38. The first kappa shape index (κ1) is 8.33. The number of anilines is 1. The van der Waals surface area contributed by atoms with Gasteiger partial charge in [-0.15, -0.1) is 0 Å². The van der Waals surface area contributed by atoms with E-state index in [9.17, 15) is 0 Å². The highest BCUT2D eigenvalue weighted by atomic mass is 15.5. The van der Waals surface area contributed by atoms with Gasteiger partial charge >= 0.3 is 0 Å². The first-order valence-electron chi connectivity index (χ1n) is 5.58. The Balaban J connectivity index is 2.03. The minimum absolute atomic E-state index is 0.339. The number of hydrogen-bond acceptors (Lipinski definition) is 2. The van der Waals surface area contributed by atoms with Crippen molar-refractivity contribution in [2.75, 3.05) is 18.5 Å². The normalized spacial score (nSPS) is 24.2. The topological polar surface area (TPSA) is 21.1 Å². The average molecular weight is 191 g/mol. The molecule has 1 aliphatic carbocycles. The molecule has 1 aromatic rings. The summed E-state index contributed by atoms with van der Waals surface area (Å²) in [5, 5.41) is 4.50. The minimum Gasteiger partial charge on any atom is -0.357 e. The van der Waals surface area contributed by atoms with Crippen LogP contribution in [0.2, 0.25) is 0 Å². The Hall–Kier alpha value is -0.990. The van der Waals surface area contributed by atoms with Crippen LogP contribution >= 0.6 is 0 Å². The largest absolute Gasteiger partial charge is 0.357 e. The highest BCUT2D eigenvalue weighted by Gasteiger charge is 2.42. The first-order valence-corrected chi connectivity index (χ1v) is 5.58. The second kappa shape index (κ2) is 2.75. The van der Waals surface area contributed by atoms with Crippen LogP contribution in [0.5, 0.6) is 0 Å². The molecule has 1 saturated carbocycles. The molecule has 1 aromatic heterocycles. The molecule has 0 radical (unpaired) electrons. The van der Waals surface area contributed by atoms with Gasteiger partial charge < -0.3 is 4.90 Å². The van der Waals surface area contributed by atoms with Crippen LogP contribution in [-0.4, -0.2) is 23.4 Å². The van der Waals surface area contributed by atoms with Gasteiger partial charge in [0.15, 0.2) is 0 Å². The molecule has 1 aliphatic heterocycles. The molecular formula is C11H17N3. The molecule has 3 heteroatoms. The van der Waals surface area contributed by atoms with E-state index in [4.69, 9.17) is 0 Å². The molecule has 0 atom stereocenters. The van der Waals surface area contributed by atoms with Gasteiger partial charge in [0.1, 0.15) is 5.82 Å². The van der Waals surface area contributed by atoms with Gasteiger partial charge in [-0.2, -0.15) is 5.10 Å². The summed E-state index contributed by atoms with van der Waals surface area (Å²) in [6, 6.07) is 2.13. The van der Waals surface area contributed by atoms with Crippen molar-refractivity contribution in [1.82, 2.24) is 9.78 Å². The zero-order valence-corrected chi connectivity index (χ0v) is 8.74. The Morgan fingerprint density at radius 2 is 2.07 bits per heavy atom. The Morgan fingerprint density at radius 1 is 1.29 bits per heavy atom. The van der Waals surface area contributed by atoms with Gasteiger partial charge in [0.25, 0.3) is 0 Å². The van der Waals surface area contributed by atoms with Crippen LogP contribution in [0, 0.1) is 0 Å². The van der Waals surface area contributed by atoms with E-state index in [2.05, 4.69) is 27.8 Å². The fourth-order valence-corrected chi connectivity index (χ4v) is 3.12. The van der Waals surface area contributed by atoms with Crippen molar-refractivity contribution in [1.29, 1.82) is 0 Å². The zero-order valence-electron chi connectivity index (χ0n) is 8.74. The van der Waals surface area contributed by atoms with E-state index in [1.54, 1.807) is 0 Å². The average Bonchev–Trinajstić information content (AvgIpc) is 2.74. The molecule has 1 fully saturated rings. The van der Waals surface area contributed by atoms with Crippen LogP contribution in [0.25, 0.3) is 0 Å². The third-order valence-corrected chi connectivity index (χ3v) is 3.78. The fraction of sp³-hybridized carbons (Fsp3) is 0.727. The Kier molecular flexibility index (Phi) is 1.64. The molecule has 0 aromatic carbocycles. The van der Waals surface area contributed by atoms with Crippen LogP contribution in [0.4, 0.5) is 5.82 Å². The summed E-state index contributed by atoms with van der Waals surface area (Å²) in [6.07, 6.45) is 8.70. The molecule has 3 nitrogen and oxygen atoms in total. The lowest BCUT2D eigenvalue weighted by molar-refractivity contribution is 0.206. The number of rotatable bonds is 0. The van der Waals surface area contributed by atoms with Crippen molar-refractivity contribution >= 4 is 5.82 Å². The summed E-state index contributed by atoms with van der Waals surface area (Å²) in [7, 11) is 2.18. The predicted molar refractivity (Wildman–Crippen MR) is 56.6 cm³/mol. The molecule has 0 unspecified atom stereocenters. The number of nitrogens with zero attached hydrogens (tertiary/aromatic N) is 3. The van der Waals surface area contributed by atoms with E-state index in [-0.39, 0.29) is 0 Å². The van der Waals surface area contributed by atoms with Gasteiger partial charge in [0, 0.05) is 19.7 Å². The highest BCUT2D eigenvalue weighted by Crippen LogP contribution is 2.42. The molecule has 0 bridgehead atoms. The third kappa shape index (κ3) is 0.954. The Labute approximate surface area is 84.7 Å². The fourth-order valence-electron chi connectivity index (χ4n) is 3.12. The summed E-state index contributed by atoms with van der Waals surface area (Å²) in [4.78, 5) is 2.35. The molecule has 14 heavy (non-hydrogen) atoms. The Bertz CT molecular complexity index is 336. The zero-order chi connectivity index (χ0) is 9.60. The predicted octanol–water partition coefficient (Wildman–Crippen LogP) is 1.99. The summed E-state index contributed by atoms with van der Waals surface area (Å²) >= 11 is 0. The molecule has 0 N–H and O–H groups in total. The van der Waals surface area contributed by atoms with Crippen molar-refractivity contribution in [2.24, 2.45) is 0 Å². The third-order valence-electron chi connectivity index (χ3n) is 3.78. The molecule has 76 valence electrons. The van der Waals surface area contributed by atoms with Gasteiger partial charge in [-0.05, 0) is 12.8 Å². The van der Waals surface area contributed by atoms with E-state index in [1.807, 2.05) is 6.20 Å². The van der Waals surface area contributed by atoms with E-state index in [0.717, 1.165) is 6.54 Å². The minimum atomic E-state index is 0.339. The number of fused-ring (bicyclic) bond motifs is 2. The monoisotopic (exact) mass is 191 g/mol. The lowest BCUT2D eigenvalue weighted by Gasteiger charge is -2.33. The van der Waals surface area contributed by atoms with Crippen LogP contribution in [0.1, 0.15) is 32.1 Å². The molecule has 3 rings (SSSR count). The maximum absolute atomic E-state index is 4.50. The van der Waals surface area contributed by atoms with Gasteiger partial charge in [0.05, 0.1) is 11.7 Å². The van der Waals surface area contributed by atoms with Crippen LogP contribution < -0.4 is 4.90 Å². The van der Waals surface area contributed by atoms with E-state index in [0.29, 0.717) is 5.54 Å². The summed E-state index contributed by atoms with van der Waals surface area (Å²) < 4.78 is 2.27. The quantitative estimate of drug-likeness (QED) is 0.625. The number of hydrogen-bond donors (Lipinski definition) is 0. The van der Waals surface area contributed by atoms with Crippen LogP contribution in [0.3, 0.4) is 0 Å². The molecule has 2 heterocycles. The number of likely N-dealkylation sites (N-methyl/N-ethyl adjacent to an activating group) is 1. The standard InChI is InChI=1S/C11H17N3/c1-13-9-11(6-3-2-4-7-11)14-10(13)5-8-12-14/h5,8H,2-4,6-7,9H2,1H3. The summed E-state index contributed by atoms with van der Waals surface area (Å²) in [5.41, 5.74) is 0.339. The van der Waals surface area contributed by atoms with Crippen LogP contribution in [-0.2, 0) is 5.54 Å². The number of aromatic nitrogens is 2. The van der Waals surface area contributed by atoms with E-state index >= 15 is 0 Å². The highest BCUT2D eigenvalue weighted by molar-refractivity contribution is 5.43. The van der Waals surface area contributed by atoms with E-state index in [1.165, 1.54) is 37.9 Å². The van der Waals surface area contributed by atoms with E-state index < -0.39 is 0 Å². The smallest absolute Gasteiger partial charge is 0.127 e. The van der Waals surface area contributed by atoms with Crippen LogP contribution in [0.15, 0.2) is 12.3 Å². The van der Waals surface area contributed by atoms with Crippen molar-refractivity contribution in [2.45, 2.75) is 37.6 Å². The van der Waals surface area contributed by atoms with Gasteiger partial charge in [-0.3, -0.25) is 0 Å². The van der Waals surface area contributed by atoms with Crippen molar-refractivity contribution in [3.05, 3.63) is 12.3 Å². The molecule has 0 amide bonds. The SMILES string of the molecule is CN1CC2(CCCCC2)n2nccc21. The maximum Gasteiger partial charge on any atom is 0.127 e. The second-order valence-corrected chi connectivity index (χ2v) is 4.74. The first-order chi connectivity index (χ1) is 6.82. The molecule has 0 saturated heterocycles. The second-order valence-electron chi connectivity index (χ2n) is 4.74. The molecule has 1 spiro atoms. The molecular weight excluding hydrogens is 174 g/mol. The molecule has 2 aliphatic rings. The van der Waals surface area contributed by atoms with Crippen molar-refractivity contribution in [3.63, 3.8) is 0 Å². The van der Waals surface area contributed by atoms with Crippen molar-refractivity contribution < 1.29 is 0 Å². The van der Waals surface area contributed by atoms with Gasteiger partial charge in [-0.25, -0.2) is 4.68 Å². The van der Waals surface area contributed by atoms with Gasteiger partial charge in [-0.1, -0.05) is 19.3 Å². The summed E-state index contributed by atoms with van der Waals surface area (Å²) in [6.45, 7) is 1.16. The van der Waals surface area contributed by atoms with Crippen molar-refractivity contribution in [3.8, 4) is 0 Å². The lowest BCUT2D eigenvalue weighted by atomic mass is 9.82. The van der Waals surface area contributed by atoms with Gasteiger partial charge in [0.2, 0.25) is 0 Å². The Morgan fingerprint density at radius 3 is 2.86 bits per heavy atom. The summed E-state index contributed by atoms with van der Waals surface area (Å²) in [5.74, 6) is 1.30. The maximum atomic E-state index is 4.50.